The molecular formula is C29H33F3N6O3S. The summed E-state index contributed by atoms with van der Waals surface area (Å²) in [6.07, 6.45) is -2.02. The number of fused-ring (bicyclic) bond motifs is 1. The number of likely N-dealkylation sites (N-methyl/N-ethyl adjacent to an activating group) is 1. The highest BCUT2D eigenvalue weighted by Crippen LogP contribution is 2.31. The number of piperazine rings is 1. The molecule has 0 saturated carbocycles. The number of alkyl halides is 3. The number of aromatic nitrogens is 2. The third-order valence-corrected chi connectivity index (χ3v) is 9.28. The molecule has 2 aromatic heterocycles. The highest BCUT2D eigenvalue weighted by Gasteiger charge is 2.30. The van der Waals surface area contributed by atoms with Crippen LogP contribution >= 0.6 is 0 Å². The maximum absolute atomic E-state index is 13.5. The van der Waals surface area contributed by atoms with Gasteiger partial charge in [-0.05, 0) is 56.1 Å². The number of carbonyl (C=O) groups is 1. The van der Waals surface area contributed by atoms with Crippen molar-refractivity contribution in [2.45, 2.75) is 31.6 Å². The van der Waals surface area contributed by atoms with Crippen LogP contribution in [0, 0.1) is 11.8 Å². The second-order valence-electron chi connectivity index (χ2n) is 10.7. The summed E-state index contributed by atoms with van der Waals surface area (Å²) in [6.45, 7) is 1.90. The summed E-state index contributed by atoms with van der Waals surface area (Å²) < 4.78 is 65.3. The van der Waals surface area contributed by atoms with Crippen molar-refractivity contribution in [3.63, 3.8) is 0 Å². The van der Waals surface area contributed by atoms with Crippen molar-refractivity contribution in [1.29, 1.82) is 0 Å². The molecule has 1 amide bonds. The van der Waals surface area contributed by atoms with E-state index in [0.29, 0.717) is 53.9 Å². The average molecular weight is 603 g/mol. The van der Waals surface area contributed by atoms with Gasteiger partial charge in [0.2, 0.25) is 0 Å². The standard InChI is InChI=1S/C29H33F3N6O3S/c1-36-12-14-37(15-13-36)28(39)26-8-7-22(19-34-26)33-11-3-4-23-18-24-25(35-21-9-16-42(40,41)17-10-21)5-2-6-27(24)38(23)20-29(30,31)32/h2,5-8,18-19,21,33,35H,9-17,20H2,1H3. The lowest BCUT2D eigenvalue weighted by molar-refractivity contribution is -0.140. The van der Waals surface area contributed by atoms with Crippen LogP contribution in [0.1, 0.15) is 29.0 Å². The Labute approximate surface area is 243 Å². The van der Waals surface area contributed by atoms with Crippen molar-refractivity contribution in [3.8, 4) is 11.8 Å². The Balaban J connectivity index is 1.28. The van der Waals surface area contributed by atoms with Crippen LogP contribution < -0.4 is 10.6 Å². The maximum atomic E-state index is 13.5. The predicted octanol–water partition coefficient (Wildman–Crippen LogP) is 3.44. The van der Waals surface area contributed by atoms with E-state index in [1.54, 1.807) is 47.5 Å². The molecule has 0 bridgehead atoms. The fraction of sp³-hybridized carbons (Fsp3) is 0.448. The molecule has 224 valence electrons. The van der Waals surface area contributed by atoms with Crippen LogP contribution in [0.5, 0.6) is 0 Å². The average Bonchev–Trinajstić information content (AvgIpc) is 3.29. The Kier molecular flexibility index (Phi) is 8.65. The highest BCUT2D eigenvalue weighted by molar-refractivity contribution is 7.91. The number of hydrogen-bond donors (Lipinski definition) is 2. The van der Waals surface area contributed by atoms with E-state index < -0.39 is 22.6 Å². The van der Waals surface area contributed by atoms with Gasteiger partial charge >= 0.3 is 6.18 Å². The van der Waals surface area contributed by atoms with E-state index >= 15 is 0 Å². The van der Waals surface area contributed by atoms with Crippen molar-refractivity contribution in [2.75, 3.05) is 61.9 Å². The molecule has 0 aliphatic carbocycles. The maximum Gasteiger partial charge on any atom is 0.406 e. The van der Waals surface area contributed by atoms with Gasteiger partial charge in [-0.25, -0.2) is 13.4 Å². The minimum atomic E-state index is -4.45. The molecule has 2 aliphatic heterocycles. The Bertz CT molecular complexity index is 1590. The number of amides is 1. The molecule has 2 fully saturated rings. The van der Waals surface area contributed by atoms with Gasteiger partial charge in [0.1, 0.15) is 22.1 Å². The number of benzene rings is 1. The fourth-order valence-electron chi connectivity index (χ4n) is 5.20. The molecular weight excluding hydrogens is 569 g/mol. The molecule has 4 heterocycles. The van der Waals surface area contributed by atoms with Crippen molar-refractivity contribution in [3.05, 3.63) is 54.0 Å². The Hall–Kier alpha value is -3.76. The lowest BCUT2D eigenvalue weighted by Crippen LogP contribution is -2.47. The number of pyridine rings is 1. The van der Waals surface area contributed by atoms with E-state index in [-0.39, 0.29) is 35.7 Å². The van der Waals surface area contributed by atoms with Gasteiger partial charge in [-0.2, -0.15) is 13.2 Å². The summed E-state index contributed by atoms with van der Waals surface area (Å²) in [7, 11) is -1.02. The Morgan fingerprint density at radius 3 is 2.50 bits per heavy atom. The molecule has 13 heteroatoms. The lowest BCUT2D eigenvalue weighted by Gasteiger charge is -2.32. The molecule has 0 spiro atoms. The van der Waals surface area contributed by atoms with E-state index in [1.165, 1.54) is 0 Å². The first-order valence-corrected chi connectivity index (χ1v) is 15.6. The van der Waals surface area contributed by atoms with E-state index in [1.807, 2.05) is 7.05 Å². The summed E-state index contributed by atoms with van der Waals surface area (Å²) in [6, 6.07) is 10.0. The molecule has 42 heavy (non-hydrogen) atoms. The Morgan fingerprint density at radius 2 is 1.83 bits per heavy atom. The van der Waals surface area contributed by atoms with Crippen LogP contribution in [0.15, 0.2) is 42.6 Å². The summed E-state index contributed by atoms with van der Waals surface area (Å²) in [5.74, 6) is 5.83. The van der Waals surface area contributed by atoms with Crippen molar-refractivity contribution in [2.24, 2.45) is 0 Å². The zero-order valence-corrected chi connectivity index (χ0v) is 24.1. The fourth-order valence-corrected chi connectivity index (χ4v) is 6.69. The first kappa shape index (κ1) is 29.7. The van der Waals surface area contributed by atoms with Crippen LogP contribution in [-0.2, 0) is 16.4 Å². The van der Waals surface area contributed by atoms with Gasteiger partial charge in [0, 0.05) is 43.3 Å². The van der Waals surface area contributed by atoms with E-state index in [2.05, 4.69) is 32.4 Å². The first-order chi connectivity index (χ1) is 20.0. The number of sulfone groups is 1. The summed E-state index contributed by atoms with van der Waals surface area (Å²) >= 11 is 0. The third kappa shape index (κ3) is 7.35. The quantitative estimate of drug-likeness (QED) is 0.417. The van der Waals surface area contributed by atoms with Crippen LogP contribution in [0.25, 0.3) is 10.9 Å². The van der Waals surface area contributed by atoms with Crippen LogP contribution in [0.4, 0.5) is 24.5 Å². The Morgan fingerprint density at radius 1 is 1.10 bits per heavy atom. The van der Waals surface area contributed by atoms with Crippen LogP contribution in [0.3, 0.4) is 0 Å². The molecule has 1 aromatic carbocycles. The number of nitrogens with zero attached hydrogens (tertiary/aromatic N) is 4. The lowest BCUT2D eigenvalue weighted by atomic mass is 10.1. The smallest absolute Gasteiger partial charge is 0.382 e. The number of halogens is 3. The van der Waals surface area contributed by atoms with Crippen molar-refractivity contribution >= 4 is 38.0 Å². The number of rotatable bonds is 6. The summed E-state index contributed by atoms with van der Waals surface area (Å²) in [4.78, 5) is 20.9. The van der Waals surface area contributed by atoms with Crippen LogP contribution in [-0.4, -0.2) is 97.2 Å². The second kappa shape index (κ2) is 12.2. The monoisotopic (exact) mass is 602 g/mol. The summed E-state index contributed by atoms with van der Waals surface area (Å²) in [5, 5.41) is 7.01. The normalized spacial score (nSPS) is 18.0. The molecule has 2 N–H and O–H groups in total. The van der Waals surface area contributed by atoms with E-state index in [9.17, 15) is 26.4 Å². The predicted molar refractivity (Wildman–Crippen MR) is 156 cm³/mol. The SMILES string of the molecule is CN1CCN(C(=O)c2ccc(NCC#Cc3cc4c(NC5CCS(=O)(=O)CC5)cccc4n3CC(F)(F)F)cn2)CC1. The topological polar surface area (TPSA) is 99.6 Å². The van der Waals surface area contributed by atoms with Gasteiger partial charge < -0.3 is 25.0 Å². The van der Waals surface area contributed by atoms with Gasteiger partial charge in [-0.15, -0.1) is 0 Å². The van der Waals surface area contributed by atoms with Crippen molar-refractivity contribution in [1.82, 2.24) is 19.4 Å². The molecule has 9 nitrogen and oxygen atoms in total. The van der Waals surface area contributed by atoms with Gasteiger partial charge in [-0.3, -0.25) is 4.79 Å². The van der Waals surface area contributed by atoms with Gasteiger partial charge in [0.05, 0.1) is 41.1 Å². The molecule has 2 saturated heterocycles. The largest absolute Gasteiger partial charge is 0.406 e. The van der Waals surface area contributed by atoms with Gasteiger partial charge in [0.25, 0.3) is 5.91 Å². The zero-order chi connectivity index (χ0) is 29.9. The molecule has 0 atom stereocenters. The number of anilines is 2. The molecule has 0 radical (unpaired) electrons. The summed E-state index contributed by atoms with van der Waals surface area (Å²) in [5.41, 5.74) is 2.25. The third-order valence-electron chi connectivity index (χ3n) is 7.57. The number of nitrogens with one attached hydrogen (secondary N) is 2. The van der Waals surface area contributed by atoms with Crippen LogP contribution in [0.2, 0.25) is 0 Å². The molecule has 2 aliphatic rings. The molecule has 5 rings (SSSR count). The minimum Gasteiger partial charge on any atom is -0.382 e. The first-order valence-electron chi connectivity index (χ1n) is 13.8. The van der Waals surface area contributed by atoms with Gasteiger partial charge in [-0.1, -0.05) is 12.0 Å². The van der Waals surface area contributed by atoms with Crippen molar-refractivity contribution < 1.29 is 26.4 Å². The molecule has 3 aromatic rings. The zero-order valence-electron chi connectivity index (χ0n) is 23.2. The second-order valence-corrected chi connectivity index (χ2v) is 13.0. The number of carbonyl (C=O) groups excluding carboxylic acids is 1. The van der Waals surface area contributed by atoms with E-state index in [0.717, 1.165) is 17.7 Å². The van der Waals surface area contributed by atoms with E-state index in [4.69, 9.17) is 0 Å². The number of hydrogen-bond acceptors (Lipinski definition) is 7. The highest BCUT2D eigenvalue weighted by atomic mass is 32.2. The minimum absolute atomic E-state index is 0.0827. The van der Waals surface area contributed by atoms with Gasteiger partial charge in [0.15, 0.2) is 0 Å². The molecule has 0 unspecified atom stereocenters.